The summed E-state index contributed by atoms with van der Waals surface area (Å²) in [5, 5.41) is -0.117. The molecule has 0 aromatic carbocycles. The van der Waals surface area contributed by atoms with Gasteiger partial charge in [0.1, 0.15) is 0 Å². The summed E-state index contributed by atoms with van der Waals surface area (Å²) in [5.74, 6) is -0.496. The van der Waals surface area contributed by atoms with Gasteiger partial charge in [-0.2, -0.15) is 13.8 Å². The van der Waals surface area contributed by atoms with Crippen LogP contribution in [0.3, 0.4) is 0 Å². The molecule has 4 nitrogen and oxygen atoms in total. The topological polar surface area (TPSA) is 61.0 Å². The lowest BCUT2D eigenvalue weighted by Crippen LogP contribution is -2.06. The zero-order valence-corrected chi connectivity index (χ0v) is 6.42. The lowest BCUT2D eigenvalue weighted by atomic mass is 10.5. The number of aromatic nitrogens is 2. The fraction of sp³-hybridized carbons (Fsp3) is 0.200. The van der Waals surface area contributed by atoms with Gasteiger partial charge in [0.25, 0.3) is 0 Å². The number of halogens is 3. The van der Waals surface area contributed by atoms with Gasteiger partial charge < -0.3 is 10.5 Å². The lowest BCUT2D eigenvalue weighted by molar-refractivity contribution is -0.0497. The number of nitrogens with two attached hydrogens (primary N) is 1. The molecule has 0 bridgehead atoms. The van der Waals surface area contributed by atoms with Gasteiger partial charge in [0.2, 0.25) is 5.28 Å². The molecule has 0 radical (unpaired) electrons. The average Bonchev–Trinajstić information content (AvgIpc) is 1.94. The number of alkyl halides is 2. The Kier molecular flexibility index (Phi) is 2.59. The monoisotopic (exact) mass is 195 g/mol. The summed E-state index contributed by atoms with van der Waals surface area (Å²) in [4.78, 5) is 6.81. The molecule has 0 aliphatic carbocycles. The summed E-state index contributed by atoms with van der Waals surface area (Å²) in [7, 11) is 0. The van der Waals surface area contributed by atoms with Crippen LogP contribution in [0.15, 0.2) is 6.20 Å². The summed E-state index contributed by atoms with van der Waals surface area (Å²) in [6.07, 6.45) is 0.983. The van der Waals surface area contributed by atoms with Crippen LogP contribution in [0.4, 0.5) is 14.6 Å². The Bertz CT molecular complexity index is 283. The number of anilines is 1. The molecular formula is C5H4ClF2N3O. The third kappa shape index (κ3) is 2.16. The number of rotatable bonds is 2. The van der Waals surface area contributed by atoms with Crippen LogP contribution in [-0.2, 0) is 0 Å². The Morgan fingerprint density at radius 2 is 2.25 bits per heavy atom. The minimum absolute atomic E-state index is 0.117. The van der Waals surface area contributed by atoms with E-state index in [0.717, 1.165) is 6.20 Å². The first kappa shape index (κ1) is 8.92. The molecule has 0 aliphatic rings. The fourth-order valence-electron chi connectivity index (χ4n) is 0.548. The highest BCUT2D eigenvalue weighted by Crippen LogP contribution is 2.20. The Morgan fingerprint density at radius 3 is 2.75 bits per heavy atom. The number of hydrogen-bond acceptors (Lipinski definition) is 4. The van der Waals surface area contributed by atoms with Crippen molar-refractivity contribution in [2.24, 2.45) is 0 Å². The Balaban J connectivity index is 2.86. The van der Waals surface area contributed by atoms with Crippen molar-refractivity contribution in [2.75, 3.05) is 5.73 Å². The maximum atomic E-state index is 11.6. The van der Waals surface area contributed by atoms with E-state index in [1.807, 2.05) is 0 Å². The standard InChI is InChI=1S/C5H4ClF2N3O/c6-4-10-1-2(3(9)11-4)12-5(7)8/h1,5H,(H2,9,10,11). The summed E-state index contributed by atoms with van der Waals surface area (Å²) < 4.78 is 27.2. The van der Waals surface area contributed by atoms with E-state index in [1.165, 1.54) is 0 Å². The van der Waals surface area contributed by atoms with Gasteiger partial charge in [-0.15, -0.1) is 0 Å². The van der Waals surface area contributed by atoms with Gasteiger partial charge in [-0.05, 0) is 11.6 Å². The van der Waals surface area contributed by atoms with E-state index >= 15 is 0 Å². The average molecular weight is 196 g/mol. The maximum Gasteiger partial charge on any atom is 0.387 e. The quantitative estimate of drug-likeness (QED) is 0.723. The predicted molar refractivity (Wildman–Crippen MR) is 38.1 cm³/mol. The third-order valence-electron chi connectivity index (χ3n) is 0.970. The first-order chi connectivity index (χ1) is 5.59. The molecule has 12 heavy (non-hydrogen) atoms. The number of nitrogen functional groups attached to an aromatic ring is 1. The Hall–Kier alpha value is -1.17. The van der Waals surface area contributed by atoms with Crippen molar-refractivity contribution in [3.8, 4) is 5.75 Å². The molecule has 1 aromatic rings. The molecule has 0 fully saturated rings. The van der Waals surface area contributed by atoms with Crippen LogP contribution in [0.1, 0.15) is 0 Å². The molecule has 0 unspecified atom stereocenters. The van der Waals surface area contributed by atoms with Crippen molar-refractivity contribution in [1.29, 1.82) is 0 Å². The van der Waals surface area contributed by atoms with Crippen LogP contribution >= 0.6 is 11.6 Å². The van der Waals surface area contributed by atoms with Gasteiger partial charge in [-0.3, -0.25) is 0 Å². The van der Waals surface area contributed by atoms with Crippen molar-refractivity contribution >= 4 is 17.4 Å². The second-order valence-electron chi connectivity index (χ2n) is 1.77. The first-order valence-electron chi connectivity index (χ1n) is 2.82. The van der Waals surface area contributed by atoms with E-state index in [4.69, 9.17) is 17.3 Å². The predicted octanol–water partition coefficient (Wildman–Crippen LogP) is 1.31. The molecule has 1 heterocycles. The zero-order valence-electron chi connectivity index (χ0n) is 5.67. The van der Waals surface area contributed by atoms with Crippen molar-refractivity contribution in [3.05, 3.63) is 11.5 Å². The third-order valence-corrected chi connectivity index (χ3v) is 1.15. The highest BCUT2D eigenvalue weighted by molar-refractivity contribution is 6.28. The summed E-state index contributed by atoms with van der Waals surface area (Å²) in [6, 6.07) is 0. The summed E-state index contributed by atoms with van der Waals surface area (Å²) in [6.45, 7) is -2.95. The maximum absolute atomic E-state index is 11.6. The van der Waals surface area contributed by atoms with E-state index in [0.29, 0.717) is 0 Å². The van der Waals surface area contributed by atoms with E-state index in [1.54, 1.807) is 0 Å². The molecule has 2 N–H and O–H groups in total. The smallest absolute Gasteiger partial charge is 0.387 e. The van der Waals surface area contributed by atoms with Gasteiger partial charge in [-0.1, -0.05) is 0 Å². The summed E-state index contributed by atoms with van der Waals surface area (Å²) in [5.41, 5.74) is 5.18. The van der Waals surface area contributed by atoms with E-state index in [9.17, 15) is 8.78 Å². The zero-order chi connectivity index (χ0) is 9.14. The number of ether oxygens (including phenoxy) is 1. The largest absolute Gasteiger partial charge is 0.429 e. The molecule has 0 atom stereocenters. The number of hydrogen-bond donors (Lipinski definition) is 1. The molecule has 0 saturated heterocycles. The fourth-order valence-corrected chi connectivity index (χ4v) is 0.688. The van der Waals surface area contributed by atoms with Gasteiger partial charge >= 0.3 is 6.61 Å². The van der Waals surface area contributed by atoms with Crippen LogP contribution in [0.2, 0.25) is 5.28 Å². The van der Waals surface area contributed by atoms with E-state index < -0.39 is 6.61 Å². The highest BCUT2D eigenvalue weighted by atomic mass is 35.5. The van der Waals surface area contributed by atoms with Crippen molar-refractivity contribution in [1.82, 2.24) is 9.97 Å². The van der Waals surface area contributed by atoms with Crippen LogP contribution in [0, 0.1) is 0 Å². The molecular weight excluding hydrogens is 192 g/mol. The minimum atomic E-state index is -2.95. The normalized spacial score (nSPS) is 10.3. The molecule has 1 rings (SSSR count). The molecule has 1 aromatic heterocycles. The second kappa shape index (κ2) is 3.48. The minimum Gasteiger partial charge on any atom is -0.429 e. The van der Waals surface area contributed by atoms with Gasteiger partial charge in [0.05, 0.1) is 6.20 Å². The Labute approximate surface area is 71.3 Å². The van der Waals surface area contributed by atoms with Crippen LogP contribution in [0.5, 0.6) is 5.75 Å². The molecule has 0 spiro atoms. The van der Waals surface area contributed by atoms with Crippen molar-refractivity contribution < 1.29 is 13.5 Å². The van der Waals surface area contributed by atoms with E-state index in [-0.39, 0.29) is 16.9 Å². The SMILES string of the molecule is Nc1nc(Cl)ncc1OC(F)F. The van der Waals surface area contributed by atoms with Crippen LogP contribution in [0.25, 0.3) is 0 Å². The van der Waals surface area contributed by atoms with Gasteiger partial charge in [-0.25, -0.2) is 4.98 Å². The molecule has 0 amide bonds. The first-order valence-corrected chi connectivity index (χ1v) is 3.20. The Morgan fingerprint density at radius 1 is 1.58 bits per heavy atom. The summed E-state index contributed by atoms with van der Waals surface area (Å²) >= 11 is 5.31. The molecule has 0 aliphatic heterocycles. The van der Waals surface area contributed by atoms with Crippen molar-refractivity contribution in [3.63, 3.8) is 0 Å². The number of nitrogens with zero attached hydrogens (tertiary/aromatic N) is 2. The van der Waals surface area contributed by atoms with Gasteiger partial charge in [0.15, 0.2) is 11.6 Å². The molecule has 0 saturated carbocycles. The molecule has 7 heteroatoms. The lowest BCUT2D eigenvalue weighted by Gasteiger charge is -2.04. The van der Waals surface area contributed by atoms with Crippen LogP contribution in [-0.4, -0.2) is 16.6 Å². The van der Waals surface area contributed by atoms with Crippen LogP contribution < -0.4 is 10.5 Å². The second-order valence-corrected chi connectivity index (χ2v) is 2.11. The highest BCUT2D eigenvalue weighted by Gasteiger charge is 2.09. The van der Waals surface area contributed by atoms with Gasteiger partial charge in [0, 0.05) is 0 Å². The van der Waals surface area contributed by atoms with Crippen molar-refractivity contribution in [2.45, 2.75) is 6.61 Å². The van der Waals surface area contributed by atoms with E-state index in [2.05, 4.69) is 14.7 Å². The molecule has 66 valence electrons.